The molecule has 0 unspecified atom stereocenters. The van der Waals surface area contributed by atoms with Crippen LogP contribution >= 0.6 is 0 Å². The monoisotopic (exact) mass is 274 g/mol. The Labute approximate surface area is 114 Å². The molecule has 2 N–H and O–H groups in total. The first-order chi connectivity index (χ1) is 9.58. The van der Waals surface area contributed by atoms with Crippen molar-refractivity contribution in [2.24, 2.45) is 0 Å². The van der Waals surface area contributed by atoms with Crippen LogP contribution in [0.5, 0.6) is 0 Å². The summed E-state index contributed by atoms with van der Waals surface area (Å²) in [4.78, 5) is 26.4. The molecule has 2 rings (SSSR count). The number of carbonyl (C=O) groups excluding carboxylic acids is 1. The van der Waals surface area contributed by atoms with Crippen molar-refractivity contribution in [3.05, 3.63) is 59.7 Å². The van der Waals surface area contributed by atoms with Gasteiger partial charge in [0.2, 0.25) is 5.91 Å². The highest BCUT2D eigenvalue weighted by Crippen LogP contribution is 2.13. The molecule has 0 radical (unpaired) electrons. The molecule has 0 aliphatic heterocycles. The van der Waals surface area contributed by atoms with Crippen molar-refractivity contribution >= 4 is 17.6 Å². The van der Waals surface area contributed by atoms with Crippen molar-refractivity contribution in [2.45, 2.75) is 6.42 Å². The minimum atomic E-state index is -1.11. The van der Waals surface area contributed by atoms with Gasteiger partial charge in [0.25, 0.3) is 0 Å². The zero-order chi connectivity index (χ0) is 14.5. The number of aromatic nitrogens is 1. The molecule has 1 heterocycles. The molecule has 1 amide bonds. The fraction of sp³-hybridized carbons (Fsp3) is 0.0714. The first-order valence-corrected chi connectivity index (χ1v) is 5.78. The van der Waals surface area contributed by atoms with Gasteiger partial charge in [-0.1, -0.05) is 18.2 Å². The van der Waals surface area contributed by atoms with Crippen LogP contribution in [-0.2, 0) is 11.2 Å². The molecule has 20 heavy (non-hydrogen) atoms. The average Bonchev–Trinajstić information content (AvgIpc) is 2.41. The van der Waals surface area contributed by atoms with E-state index in [0.717, 1.165) is 6.20 Å². The van der Waals surface area contributed by atoms with Crippen LogP contribution in [0.3, 0.4) is 0 Å². The molecule has 0 aliphatic carbocycles. The van der Waals surface area contributed by atoms with E-state index in [9.17, 15) is 14.0 Å². The number of hydrogen-bond donors (Lipinski definition) is 2. The van der Waals surface area contributed by atoms with Crippen molar-refractivity contribution in [3.63, 3.8) is 0 Å². The molecule has 5 nitrogen and oxygen atoms in total. The fourth-order valence-corrected chi connectivity index (χ4v) is 1.73. The number of halogens is 1. The number of hydrogen-bond acceptors (Lipinski definition) is 3. The predicted octanol–water partition coefficient (Wildman–Crippen LogP) is 2.10. The van der Waals surface area contributed by atoms with Crippen LogP contribution < -0.4 is 5.32 Å². The number of nitrogens with one attached hydrogen (secondary N) is 1. The molecular weight excluding hydrogens is 263 g/mol. The lowest BCUT2D eigenvalue weighted by Gasteiger charge is -2.07. The molecular formula is C14H11FN2O3. The number of benzene rings is 1. The van der Waals surface area contributed by atoms with Crippen molar-refractivity contribution in [1.82, 2.24) is 4.98 Å². The van der Waals surface area contributed by atoms with Crippen LogP contribution in [0.25, 0.3) is 0 Å². The zero-order valence-electron chi connectivity index (χ0n) is 10.3. The van der Waals surface area contributed by atoms with Crippen molar-refractivity contribution in [1.29, 1.82) is 0 Å². The molecule has 0 bridgehead atoms. The summed E-state index contributed by atoms with van der Waals surface area (Å²) in [5.74, 6) is -2.25. The van der Waals surface area contributed by atoms with Crippen LogP contribution in [0, 0.1) is 5.82 Å². The van der Waals surface area contributed by atoms with E-state index in [1.165, 1.54) is 18.3 Å². The van der Waals surface area contributed by atoms with Gasteiger partial charge in [-0.25, -0.2) is 9.18 Å². The Balaban J connectivity index is 2.13. The van der Waals surface area contributed by atoms with Gasteiger partial charge in [-0.3, -0.25) is 9.78 Å². The maximum atomic E-state index is 13.3. The Bertz CT molecular complexity index is 658. The van der Waals surface area contributed by atoms with E-state index in [0.29, 0.717) is 5.56 Å². The van der Waals surface area contributed by atoms with E-state index in [1.807, 2.05) is 0 Å². The van der Waals surface area contributed by atoms with Gasteiger partial charge in [0.1, 0.15) is 0 Å². The van der Waals surface area contributed by atoms with E-state index >= 15 is 0 Å². The first-order valence-electron chi connectivity index (χ1n) is 5.78. The number of carboxylic acid groups (broad SMARTS) is 1. The molecule has 0 aliphatic rings. The summed E-state index contributed by atoms with van der Waals surface area (Å²) >= 11 is 0. The molecule has 2 aromatic rings. The Morgan fingerprint density at radius 3 is 2.70 bits per heavy atom. The van der Waals surface area contributed by atoms with Gasteiger partial charge >= 0.3 is 5.97 Å². The molecule has 6 heteroatoms. The summed E-state index contributed by atoms with van der Waals surface area (Å²) in [7, 11) is 0. The fourth-order valence-electron chi connectivity index (χ4n) is 1.73. The predicted molar refractivity (Wildman–Crippen MR) is 69.9 cm³/mol. The van der Waals surface area contributed by atoms with Gasteiger partial charge in [0.05, 0.1) is 23.9 Å². The van der Waals surface area contributed by atoms with Gasteiger partial charge in [-0.2, -0.15) is 0 Å². The topological polar surface area (TPSA) is 79.3 Å². The summed E-state index contributed by atoms with van der Waals surface area (Å²) in [6, 6.07) is 7.51. The highest BCUT2D eigenvalue weighted by molar-refractivity contribution is 5.96. The lowest BCUT2D eigenvalue weighted by molar-refractivity contribution is -0.115. The SMILES string of the molecule is O=C(Cc1ccccc1C(=O)O)Nc1ccncc1F. The average molecular weight is 274 g/mol. The van der Waals surface area contributed by atoms with E-state index in [2.05, 4.69) is 10.3 Å². The number of carbonyl (C=O) groups is 2. The molecule has 0 saturated heterocycles. The normalized spacial score (nSPS) is 10.1. The van der Waals surface area contributed by atoms with Gasteiger partial charge in [-0.05, 0) is 17.7 Å². The van der Waals surface area contributed by atoms with Gasteiger partial charge in [0.15, 0.2) is 5.82 Å². The van der Waals surface area contributed by atoms with Gasteiger partial charge in [-0.15, -0.1) is 0 Å². The van der Waals surface area contributed by atoms with Crippen LogP contribution in [0.4, 0.5) is 10.1 Å². The van der Waals surface area contributed by atoms with Gasteiger partial charge in [0, 0.05) is 6.20 Å². The van der Waals surface area contributed by atoms with E-state index in [4.69, 9.17) is 5.11 Å². The smallest absolute Gasteiger partial charge is 0.335 e. The highest BCUT2D eigenvalue weighted by atomic mass is 19.1. The largest absolute Gasteiger partial charge is 0.478 e. The summed E-state index contributed by atoms with van der Waals surface area (Å²) in [6.45, 7) is 0. The highest BCUT2D eigenvalue weighted by Gasteiger charge is 2.13. The molecule has 1 aromatic heterocycles. The summed E-state index contributed by atoms with van der Waals surface area (Å²) in [6.07, 6.45) is 2.19. The Kier molecular flexibility index (Phi) is 4.05. The lowest BCUT2D eigenvalue weighted by atomic mass is 10.0. The molecule has 0 atom stereocenters. The summed E-state index contributed by atoms with van der Waals surface area (Å²) in [5, 5.41) is 11.4. The molecule has 0 saturated carbocycles. The van der Waals surface area contributed by atoms with Crippen LogP contribution in [0.15, 0.2) is 42.7 Å². The van der Waals surface area contributed by atoms with Crippen LogP contribution in [0.1, 0.15) is 15.9 Å². The van der Waals surface area contributed by atoms with E-state index in [1.54, 1.807) is 18.2 Å². The third-order valence-electron chi connectivity index (χ3n) is 2.65. The minimum absolute atomic E-state index is 0.0119. The number of rotatable bonds is 4. The number of anilines is 1. The number of carboxylic acids is 1. The summed E-state index contributed by atoms with van der Waals surface area (Å²) < 4.78 is 13.3. The number of aromatic carboxylic acids is 1. The van der Waals surface area contributed by atoms with Crippen molar-refractivity contribution < 1.29 is 19.1 Å². The van der Waals surface area contributed by atoms with E-state index in [-0.39, 0.29) is 17.7 Å². The molecule has 1 aromatic carbocycles. The molecule has 0 spiro atoms. The van der Waals surface area contributed by atoms with Crippen molar-refractivity contribution in [3.8, 4) is 0 Å². The second-order valence-corrected chi connectivity index (χ2v) is 4.04. The second kappa shape index (κ2) is 5.92. The molecule has 0 fully saturated rings. The number of nitrogens with zero attached hydrogens (tertiary/aromatic N) is 1. The first kappa shape index (κ1) is 13.7. The van der Waals surface area contributed by atoms with Crippen molar-refractivity contribution in [2.75, 3.05) is 5.32 Å². The minimum Gasteiger partial charge on any atom is -0.478 e. The quantitative estimate of drug-likeness (QED) is 0.894. The van der Waals surface area contributed by atoms with Crippen LogP contribution in [-0.4, -0.2) is 22.0 Å². The standard InChI is InChI=1S/C14H11FN2O3/c15-11-8-16-6-5-12(11)17-13(18)7-9-3-1-2-4-10(9)14(19)20/h1-6,8H,7H2,(H,19,20)(H,16,17,18). The molecule has 102 valence electrons. The third kappa shape index (κ3) is 3.17. The van der Waals surface area contributed by atoms with E-state index < -0.39 is 17.7 Å². The maximum absolute atomic E-state index is 13.3. The number of amides is 1. The lowest BCUT2D eigenvalue weighted by Crippen LogP contribution is -2.17. The zero-order valence-corrected chi connectivity index (χ0v) is 10.3. The maximum Gasteiger partial charge on any atom is 0.335 e. The third-order valence-corrected chi connectivity index (χ3v) is 2.65. The Morgan fingerprint density at radius 1 is 1.25 bits per heavy atom. The Morgan fingerprint density at radius 2 is 2.00 bits per heavy atom. The van der Waals surface area contributed by atoms with Crippen LogP contribution in [0.2, 0.25) is 0 Å². The second-order valence-electron chi connectivity index (χ2n) is 4.04. The summed E-state index contributed by atoms with van der Waals surface area (Å²) in [5.41, 5.74) is 0.433. The van der Waals surface area contributed by atoms with Gasteiger partial charge < -0.3 is 10.4 Å². The Hall–Kier alpha value is -2.76. The number of pyridine rings is 1.